The molecule has 34 heavy (non-hydrogen) atoms. The van der Waals surface area contributed by atoms with Gasteiger partial charge in [-0.1, -0.05) is 42.5 Å². The lowest BCUT2D eigenvalue weighted by Gasteiger charge is -2.42. The average molecular weight is 453 g/mol. The van der Waals surface area contributed by atoms with Gasteiger partial charge >= 0.3 is 0 Å². The van der Waals surface area contributed by atoms with E-state index in [1.165, 1.54) is 16.2 Å². The van der Waals surface area contributed by atoms with Crippen molar-refractivity contribution in [3.8, 4) is 22.9 Å². The Kier molecular flexibility index (Phi) is 5.72. The quantitative estimate of drug-likeness (QED) is 0.327. The van der Waals surface area contributed by atoms with Gasteiger partial charge < -0.3 is 10.5 Å². The molecule has 0 amide bonds. The van der Waals surface area contributed by atoms with Gasteiger partial charge in [0.2, 0.25) is 5.96 Å². The largest absolute Gasteiger partial charge is 0.486 e. The van der Waals surface area contributed by atoms with Crippen LogP contribution in [0.2, 0.25) is 0 Å². The van der Waals surface area contributed by atoms with Gasteiger partial charge in [-0.2, -0.15) is 5.26 Å². The zero-order valence-corrected chi connectivity index (χ0v) is 19.3. The fourth-order valence-electron chi connectivity index (χ4n) is 5.18. The van der Waals surface area contributed by atoms with E-state index >= 15 is 0 Å². The summed E-state index contributed by atoms with van der Waals surface area (Å²) in [5.74, 6) is 0.652. The van der Waals surface area contributed by atoms with E-state index in [1.54, 1.807) is 13.1 Å². The molecule has 5 rings (SSSR count). The number of nitriles is 1. The first kappa shape index (κ1) is 22.0. The third-order valence-electron chi connectivity index (χ3n) is 6.90. The number of nitrogens with zero attached hydrogens (tertiary/aromatic N) is 2. The number of benzene rings is 3. The van der Waals surface area contributed by atoms with Crippen molar-refractivity contribution in [1.29, 1.82) is 10.7 Å². The van der Waals surface area contributed by atoms with Crippen LogP contribution in [-0.4, -0.2) is 23.7 Å². The number of ether oxygens (including phenoxy) is 1. The van der Waals surface area contributed by atoms with Gasteiger partial charge in [-0.05, 0) is 65.8 Å². The summed E-state index contributed by atoms with van der Waals surface area (Å²) >= 11 is 0. The van der Waals surface area contributed by atoms with Gasteiger partial charge in [0.05, 0.1) is 11.6 Å². The monoisotopic (exact) mass is 452 g/mol. The molecule has 0 fully saturated rings. The number of hydroxylamine groups is 2. The fourth-order valence-corrected chi connectivity index (χ4v) is 5.18. The molecule has 172 valence electrons. The van der Waals surface area contributed by atoms with E-state index in [2.05, 4.69) is 36.4 Å². The van der Waals surface area contributed by atoms with E-state index in [1.807, 2.05) is 30.3 Å². The van der Waals surface area contributed by atoms with Crippen molar-refractivity contribution in [1.82, 2.24) is 5.06 Å². The Balaban J connectivity index is 1.55. The van der Waals surface area contributed by atoms with Crippen LogP contribution in [0.15, 0.2) is 66.7 Å². The Morgan fingerprint density at radius 3 is 2.71 bits per heavy atom. The van der Waals surface area contributed by atoms with Gasteiger partial charge in [0, 0.05) is 25.5 Å². The Labute approximate surface area is 200 Å². The summed E-state index contributed by atoms with van der Waals surface area (Å²) in [7, 11) is 1.66. The number of rotatable bonds is 3. The molecule has 0 bridgehead atoms. The molecule has 1 aliphatic heterocycles. The van der Waals surface area contributed by atoms with E-state index in [-0.39, 0.29) is 17.7 Å². The van der Waals surface area contributed by atoms with E-state index in [9.17, 15) is 5.26 Å². The molecule has 2 atom stereocenters. The van der Waals surface area contributed by atoms with Gasteiger partial charge in [0.1, 0.15) is 17.5 Å². The highest BCUT2D eigenvalue weighted by Crippen LogP contribution is 2.47. The molecular weight excluding hydrogens is 424 g/mol. The van der Waals surface area contributed by atoms with E-state index in [4.69, 9.17) is 20.7 Å². The molecular formula is C28H28N4O2. The van der Waals surface area contributed by atoms with Crippen LogP contribution < -0.4 is 10.5 Å². The van der Waals surface area contributed by atoms with Crippen LogP contribution in [-0.2, 0) is 17.7 Å². The van der Waals surface area contributed by atoms with Crippen LogP contribution in [0.3, 0.4) is 0 Å². The van der Waals surface area contributed by atoms with Crippen molar-refractivity contribution in [3.05, 3.63) is 89.0 Å². The standard InChI is InChI=1S/C28H28N4O2/c1-32(27(30)31)34-26-17-28(13-5-10-20-7-2-3-8-23(20)16-28)33-25-12-11-22(15-24(25)26)21-9-4-6-19(14-21)18-29/h2-4,6-9,11-12,14-15,26H,5,10,13,16-17H2,1H3,(H3,30,31). The molecule has 0 saturated carbocycles. The maximum atomic E-state index is 9.30. The third-order valence-corrected chi connectivity index (χ3v) is 6.90. The first-order valence-corrected chi connectivity index (χ1v) is 11.6. The predicted octanol–water partition coefficient (Wildman–Crippen LogP) is 5.12. The highest BCUT2D eigenvalue weighted by atomic mass is 16.7. The number of hydrogen-bond donors (Lipinski definition) is 2. The van der Waals surface area contributed by atoms with Gasteiger partial charge in [-0.25, -0.2) is 5.06 Å². The molecule has 1 heterocycles. The van der Waals surface area contributed by atoms with Crippen molar-refractivity contribution in [2.24, 2.45) is 5.73 Å². The lowest BCUT2D eigenvalue weighted by molar-refractivity contribution is -0.164. The number of hydrogen-bond acceptors (Lipinski definition) is 4. The summed E-state index contributed by atoms with van der Waals surface area (Å²) in [6, 6.07) is 24.5. The SMILES string of the molecule is CN(OC1CC2(CCCc3ccccc3C2)Oc2ccc(-c3cccc(C#N)c3)cc21)C(=N)N. The zero-order valence-electron chi connectivity index (χ0n) is 19.3. The zero-order chi connectivity index (χ0) is 23.7. The Morgan fingerprint density at radius 2 is 1.91 bits per heavy atom. The number of nitrogens with two attached hydrogens (primary N) is 1. The van der Waals surface area contributed by atoms with Crippen LogP contribution in [0, 0.1) is 16.7 Å². The summed E-state index contributed by atoms with van der Waals surface area (Å²) in [6.07, 6.45) is 4.17. The summed E-state index contributed by atoms with van der Waals surface area (Å²) in [6.45, 7) is 0. The third kappa shape index (κ3) is 4.23. The molecule has 0 radical (unpaired) electrons. The second-order valence-electron chi connectivity index (χ2n) is 9.21. The number of fused-ring (bicyclic) bond motifs is 2. The van der Waals surface area contributed by atoms with Gasteiger partial charge in [0.15, 0.2) is 0 Å². The number of nitrogens with one attached hydrogen (secondary N) is 1. The first-order chi connectivity index (χ1) is 16.5. The van der Waals surface area contributed by atoms with E-state index in [0.29, 0.717) is 12.0 Å². The van der Waals surface area contributed by atoms with E-state index in [0.717, 1.165) is 48.1 Å². The maximum absolute atomic E-state index is 9.30. The molecule has 1 spiro atoms. The van der Waals surface area contributed by atoms with Crippen LogP contribution in [0.4, 0.5) is 0 Å². The molecule has 2 unspecified atom stereocenters. The number of aryl methyl sites for hydroxylation is 1. The highest BCUT2D eigenvalue weighted by molar-refractivity contribution is 5.73. The van der Waals surface area contributed by atoms with Crippen LogP contribution in [0.25, 0.3) is 11.1 Å². The second kappa shape index (κ2) is 8.85. The Hall–Kier alpha value is -3.82. The Morgan fingerprint density at radius 1 is 1.12 bits per heavy atom. The summed E-state index contributed by atoms with van der Waals surface area (Å²) in [4.78, 5) is 6.22. The van der Waals surface area contributed by atoms with Gasteiger partial charge in [-0.15, -0.1) is 0 Å². The number of guanidine groups is 1. The topological polar surface area (TPSA) is 95.4 Å². The summed E-state index contributed by atoms with van der Waals surface area (Å²) < 4.78 is 6.77. The fraction of sp³-hybridized carbons (Fsp3) is 0.286. The minimum atomic E-state index is -0.385. The maximum Gasteiger partial charge on any atom is 0.212 e. The highest BCUT2D eigenvalue weighted by Gasteiger charge is 2.43. The first-order valence-electron chi connectivity index (χ1n) is 11.6. The lowest BCUT2D eigenvalue weighted by Crippen LogP contribution is -2.45. The molecule has 3 aromatic carbocycles. The van der Waals surface area contributed by atoms with Crippen molar-refractivity contribution >= 4 is 5.96 Å². The van der Waals surface area contributed by atoms with Crippen LogP contribution in [0.5, 0.6) is 5.75 Å². The molecule has 6 heteroatoms. The lowest BCUT2D eigenvalue weighted by atomic mass is 9.81. The summed E-state index contributed by atoms with van der Waals surface area (Å²) in [5, 5.41) is 18.4. The molecule has 2 aliphatic rings. The molecule has 1 aliphatic carbocycles. The molecule has 0 aromatic heterocycles. The van der Waals surface area contributed by atoms with Crippen molar-refractivity contribution in [2.45, 2.75) is 43.8 Å². The van der Waals surface area contributed by atoms with Crippen molar-refractivity contribution < 1.29 is 9.57 Å². The predicted molar refractivity (Wildman–Crippen MR) is 131 cm³/mol. The molecule has 3 N–H and O–H groups in total. The van der Waals surface area contributed by atoms with E-state index < -0.39 is 0 Å². The van der Waals surface area contributed by atoms with Gasteiger partial charge in [0.25, 0.3) is 0 Å². The second-order valence-corrected chi connectivity index (χ2v) is 9.21. The van der Waals surface area contributed by atoms with Crippen LogP contribution in [0.1, 0.15) is 47.6 Å². The molecule has 6 nitrogen and oxygen atoms in total. The van der Waals surface area contributed by atoms with Crippen molar-refractivity contribution in [2.75, 3.05) is 7.05 Å². The average Bonchev–Trinajstić information content (AvgIpc) is 3.02. The Bertz CT molecular complexity index is 1280. The van der Waals surface area contributed by atoms with Crippen LogP contribution >= 0.6 is 0 Å². The normalized spacial score (nSPS) is 20.9. The minimum Gasteiger partial charge on any atom is -0.486 e. The summed E-state index contributed by atoms with van der Waals surface area (Å²) in [5.41, 5.74) is 11.5. The molecule has 0 saturated heterocycles. The van der Waals surface area contributed by atoms with Gasteiger partial charge in [-0.3, -0.25) is 10.2 Å². The smallest absolute Gasteiger partial charge is 0.212 e. The molecule has 3 aromatic rings. The minimum absolute atomic E-state index is 0.147. The van der Waals surface area contributed by atoms with Crippen molar-refractivity contribution in [3.63, 3.8) is 0 Å².